The lowest BCUT2D eigenvalue weighted by molar-refractivity contribution is -0.137. The van der Waals surface area contributed by atoms with Gasteiger partial charge in [-0.05, 0) is 18.2 Å². The van der Waals surface area contributed by atoms with Gasteiger partial charge in [-0.15, -0.1) is 0 Å². The van der Waals surface area contributed by atoms with E-state index in [-0.39, 0.29) is 0 Å². The number of hydrogen-bond donors (Lipinski definition) is 1. The lowest BCUT2D eigenvalue weighted by atomic mass is 10.1. The molecule has 0 fully saturated rings. The van der Waals surface area contributed by atoms with Crippen LogP contribution in [-0.4, -0.2) is 16.3 Å². The SMILES string of the molecule is O=C(O)CCCCCCCCC1C=CSS1. The number of rotatable bonds is 9. The lowest BCUT2D eigenvalue weighted by Crippen LogP contribution is -1.94. The molecule has 0 saturated carbocycles. The van der Waals surface area contributed by atoms with E-state index in [0.717, 1.165) is 18.1 Å². The molecule has 0 bridgehead atoms. The summed E-state index contributed by atoms with van der Waals surface area (Å²) in [7, 11) is 3.80. The molecule has 1 atom stereocenters. The minimum absolute atomic E-state index is 0.334. The Morgan fingerprint density at radius 2 is 1.81 bits per heavy atom. The molecule has 0 amide bonds. The number of carboxylic acid groups (broad SMARTS) is 1. The van der Waals surface area contributed by atoms with Gasteiger partial charge in [0.15, 0.2) is 0 Å². The molecule has 1 N–H and O–H groups in total. The van der Waals surface area contributed by atoms with Gasteiger partial charge in [-0.25, -0.2) is 0 Å². The summed E-state index contributed by atoms with van der Waals surface area (Å²) in [5.41, 5.74) is 0. The van der Waals surface area contributed by atoms with Gasteiger partial charge in [-0.3, -0.25) is 4.79 Å². The van der Waals surface area contributed by atoms with Crippen LogP contribution in [0.1, 0.15) is 51.4 Å². The number of hydrogen-bond acceptors (Lipinski definition) is 3. The zero-order valence-electron chi connectivity index (χ0n) is 9.56. The molecule has 1 aliphatic heterocycles. The summed E-state index contributed by atoms with van der Waals surface area (Å²) < 4.78 is 0. The van der Waals surface area contributed by atoms with Gasteiger partial charge in [0.05, 0.1) is 0 Å². The fraction of sp³-hybridized carbons (Fsp3) is 0.750. The summed E-state index contributed by atoms with van der Waals surface area (Å²) in [4.78, 5) is 10.3. The molecule has 0 saturated heterocycles. The molecule has 16 heavy (non-hydrogen) atoms. The number of carbonyl (C=O) groups is 1. The molecule has 1 rings (SSSR count). The second kappa shape index (κ2) is 8.99. The summed E-state index contributed by atoms with van der Waals surface area (Å²) in [6.07, 6.45) is 10.9. The van der Waals surface area contributed by atoms with Crippen LogP contribution in [0.25, 0.3) is 0 Å². The highest BCUT2D eigenvalue weighted by Gasteiger charge is 2.09. The Morgan fingerprint density at radius 3 is 2.44 bits per heavy atom. The molecule has 0 aromatic carbocycles. The Morgan fingerprint density at radius 1 is 1.12 bits per heavy atom. The number of carboxylic acids is 1. The molecule has 0 aromatic heterocycles. The van der Waals surface area contributed by atoms with E-state index in [1.165, 1.54) is 32.1 Å². The van der Waals surface area contributed by atoms with Gasteiger partial charge in [-0.1, -0.05) is 59.8 Å². The number of unbranched alkanes of at least 4 members (excludes halogenated alkanes) is 5. The van der Waals surface area contributed by atoms with Crippen LogP contribution in [0.2, 0.25) is 0 Å². The van der Waals surface area contributed by atoms with E-state index >= 15 is 0 Å². The largest absolute Gasteiger partial charge is 0.481 e. The molecule has 1 unspecified atom stereocenters. The predicted molar refractivity (Wildman–Crippen MR) is 72.7 cm³/mol. The van der Waals surface area contributed by atoms with E-state index in [1.54, 1.807) is 0 Å². The lowest BCUT2D eigenvalue weighted by Gasteiger charge is -2.05. The first-order valence-electron chi connectivity index (χ1n) is 5.99. The molecule has 92 valence electrons. The second-order valence-corrected chi connectivity index (χ2v) is 6.53. The predicted octanol–water partition coefficient (Wildman–Crippen LogP) is 4.47. The Balaban J connectivity index is 1.77. The molecular weight excluding hydrogens is 240 g/mol. The maximum atomic E-state index is 10.3. The van der Waals surface area contributed by atoms with Crippen molar-refractivity contribution in [1.82, 2.24) is 0 Å². The highest BCUT2D eigenvalue weighted by atomic mass is 33.1. The van der Waals surface area contributed by atoms with E-state index in [9.17, 15) is 4.79 Å². The highest BCUT2D eigenvalue weighted by molar-refractivity contribution is 8.78. The van der Waals surface area contributed by atoms with Crippen molar-refractivity contribution in [2.45, 2.75) is 56.6 Å². The zero-order valence-corrected chi connectivity index (χ0v) is 11.2. The highest BCUT2D eigenvalue weighted by Crippen LogP contribution is 2.37. The van der Waals surface area contributed by atoms with Crippen molar-refractivity contribution >= 4 is 27.6 Å². The van der Waals surface area contributed by atoms with Crippen LogP contribution in [0, 0.1) is 0 Å². The molecular formula is C12H20O2S2. The van der Waals surface area contributed by atoms with Crippen molar-refractivity contribution in [1.29, 1.82) is 0 Å². The first kappa shape index (κ1) is 14.0. The van der Waals surface area contributed by atoms with E-state index in [1.807, 2.05) is 21.6 Å². The molecule has 2 nitrogen and oxygen atoms in total. The number of aliphatic carboxylic acids is 1. The van der Waals surface area contributed by atoms with E-state index in [0.29, 0.717) is 6.42 Å². The van der Waals surface area contributed by atoms with Crippen molar-refractivity contribution < 1.29 is 9.90 Å². The van der Waals surface area contributed by atoms with Crippen LogP contribution in [0.3, 0.4) is 0 Å². The Kier molecular flexibility index (Phi) is 7.85. The van der Waals surface area contributed by atoms with Gasteiger partial charge in [0, 0.05) is 11.7 Å². The average Bonchev–Trinajstić information content (AvgIpc) is 2.74. The van der Waals surface area contributed by atoms with Gasteiger partial charge < -0.3 is 5.11 Å². The van der Waals surface area contributed by atoms with Crippen molar-refractivity contribution in [3.63, 3.8) is 0 Å². The van der Waals surface area contributed by atoms with Crippen LogP contribution >= 0.6 is 21.6 Å². The van der Waals surface area contributed by atoms with Crippen molar-refractivity contribution in [2.75, 3.05) is 0 Å². The van der Waals surface area contributed by atoms with Crippen molar-refractivity contribution in [2.24, 2.45) is 0 Å². The normalized spacial score (nSPS) is 19.1. The third-order valence-corrected chi connectivity index (χ3v) is 5.08. The molecule has 0 aliphatic carbocycles. The van der Waals surface area contributed by atoms with Crippen LogP contribution in [0.5, 0.6) is 0 Å². The van der Waals surface area contributed by atoms with Gasteiger partial charge in [0.1, 0.15) is 0 Å². The van der Waals surface area contributed by atoms with E-state index in [2.05, 4.69) is 11.5 Å². The minimum atomic E-state index is -0.664. The first-order chi connectivity index (χ1) is 7.79. The molecule has 0 aromatic rings. The Labute approximate surface area is 106 Å². The third-order valence-electron chi connectivity index (χ3n) is 2.66. The topological polar surface area (TPSA) is 37.3 Å². The van der Waals surface area contributed by atoms with Gasteiger partial charge in [0.25, 0.3) is 0 Å². The molecule has 4 heteroatoms. The molecule has 0 radical (unpaired) electrons. The zero-order chi connectivity index (χ0) is 11.6. The van der Waals surface area contributed by atoms with Crippen LogP contribution in [0.15, 0.2) is 11.5 Å². The molecule has 0 spiro atoms. The fourth-order valence-corrected chi connectivity index (χ4v) is 3.99. The monoisotopic (exact) mass is 260 g/mol. The fourth-order valence-electron chi connectivity index (χ4n) is 1.73. The van der Waals surface area contributed by atoms with Crippen LogP contribution in [-0.2, 0) is 4.79 Å². The smallest absolute Gasteiger partial charge is 0.303 e. The van der Waals surface area contributed by atoms with E-state index < -0.39 is 5.97 Å². The van der Waals surface area contributed by atoms with Crippen molar-refractivity contribution in [3.8, 4) is 0 Å². The minimum Gasteiger partial charge on any atom is -0.481 e. The molecule has 1 aliphatic rings. The average molecular weight is 260 g/mol. The summed E-state index contributed by atoms with van der Waals surface area (Å²) >= 11 is 0. The first-order valence-corrected chi connectivity index (χ1v) is 8.27. The van der Waals surface area contributed by atoms with Gasteiger partial charge in [-0.2, -0.15) is 0 Å². The Hall–Kier alpha value is -0.0900. The maximum Gasteiger partial charge on any atom is 0.303 e. The maximum absolute atomic E-state index is 10.3. The summed E-state index contributed by atoms with van der Waals surface area (Å²) in [5, 5.41) is 11.4. The quantitative estimate of drug-likeness (QED) is 0.490. The summed E-state index contributed by atoms with van der Waals surface area (Å²) in [6.45, 7) is 0. The third kappa shape index (κ3) is 7.23. The van der Waals surface area contributed by atoms with Gasteiger partial charge in [0.2, 0.25) is 0 Å². The van der Waals surface area contributed by atoms with Crippen molar-refractivity contribution in [3.05, 3.63) is 11.5 Å². The molecule has 1 heterocycles. The van der Waals surface area contributed by atoms with Crippen LogP contribution in [0.4, 0.5) is 0 Å². The second-order valence-electron chi connectivity index (χ2n) is 4.11. The van der Waals surface area contributed by atoms with Gasteiger partial charge >= 0.3 is 5.97 Å². The summed E-state index contributed by atoms with van der Waals surface area (Å²) in [5.74, 6) is -0.664. The summed E-state index contributed by atoms with van der Waals surface area (Å²) in [6, 6.07) is 0. The van der Waals surface area contributed by atoms with E-state index in [4.69, 9.17) is 5.11 Å². The van der Waals surface area contributed by atoms with Crippen LogP contribution < -0.4 is 0 Å². The standard InChI is InChI=1S/C12H20O2S2/c13-12(14)8-6-4-2-1-3-5-7-11-9-10-15-16-11/h9-11H,1-8H2,(H,13,14). The Bertz CT molecular complexity index is 229.